The van der Waals surface area contributed by atoms with E-state index in [0.29, 0.717) is 10.9 Å². The molecule has 0 atom stereocenters. The van der Waals surface area contributed by atoms with Crippen molar-refractivity contribution in [3.63, 3.8) is 0 Å². The Bertz CT molecular complexity index is 769. The van der Waals surface area contributed by atoms with Crippen molar-refractivity contribution in [1.29, 1.82) is 0 Å². The molecule has 0 bridgehead atoms. The van der Waals surface area contributed by atoms with Crippen LogP contribution in [0.25, 0.3) is 10.9 Å². The Morgan fingerprint density at radius 3 is 2.70 bits per heavy atom. The highest BCUT2D eigenvalue weighted by Gasteiger charge is 2.09. The number of carbonyl (C=O) groups excluding carboxylic acids is 2. The van der Waals surface area contributed by atoms with Gasteiger partial charge in [0.25, 0.3) is 5.56 Å². The van der Waals surface area contributed by atoms with E-state index in [1.165, 1.54) is 0 Å². The molecular weight excluding hydrogens is 298 g/mol. The van der Waals surface area contributed by atoms with Gasteiger partial charge in [-0.25, -0.2) is 4.68 Å². The molecule has 8 heteroatoms. The number of hydrogen-bond acceptors (Lipinski definition) is 5. The predicted octanol–water partition coefficient (Wildman–Crippen LogP) is -0.178. The van der Waals surface area contributed by atoms with E-state index in [9.17, 15) is 14.4 Å². The second kappa shape index (κ2) is 7.48. The molecule has 2 aromatic rings. The van der Waals surface area contributed by atoms with E-state index in [1.54, 1.807) is 24.3 Å². The van der Waals surface area contributed by atoms with E-state index in [0.717, 1.165) is 4.68 Å². The van der Waals surface area contributed by atoms with Crippen LogP contribution in [0.5, 0.6) is 0 Å². The zero-order valence-electron chi connectivity index (χ0n) is 13.1. The number of nitrogens with one attached hydrogen (secondary N) is 2. The first kappa shape index (κ1) is 16.6. The Labute approximate surface area is 132 Å². The SMILES string of the molecule is CC(C)NC(=O)CNC(=O)CCn1nnc2ccccc2c1=O. The fraction of sp³-hybridized carbons (Fsp3) is 0.400. The lowest BCUT2D eigenvalue weighted by Gasteiger charge is -2.09. The number of fused-ring (bicyclic) bond motifs is 1. The molecule has 0 aliphatic carbocycles. The van der Waals surface area contributed by atoms with E-state index < -0.39 is 0 Å². The third-order valence-corrected chi connectivity index (χ3v) is 3.08. The average molecular weight is 317 g/mol. The third-order valence-electron chi connectivity index (χ3n) is 3.08. The van der Waals surface area contributed by atoms with E-state index in [4.69, 9.17) is 0 Å². The summed E-state index contributed by atoms with van der Waals surface area (Å²) in [6.45, 7) is 3.69. The van der Waals surface area contributed by atoms with Crippen molar-refractivity contribution in [2.75, 3.05) is 6.54 Å². The molecule has 0 aliphatic rings. The minimum Gasteiger partial charge on any atom is -0.352 e. The van der Waals surface area contributed by atoms with Gasteiger partial charge >= 0.3 is 0 Å². The number of nitrogens with zero attached hydrogens (tertiary/aromatic N) is 3. The average Bonchev–Trinajstić information content (AvgIpc) is 2.52. The molecule has 1 heterocycles. The molecule has 0 unspecified atom stereocenters. The molecule has 2 N–H and O–H groups in total. The van der Waals surface area contributed by atoms with Crippen LogP contribution < -0.4 is 16.2 Å². The quantitative estimate of drug-likeness (QED) is 0.769. The molecule has 0 spiro atoms. The first-order chi connectivity index (χ1) is 11.0. The monoisotopic (exact) mass is 317 g/mol. The summed E-state index contributed by atoms with van der Waals surface area (Å²) >= 11 is 0. The standard InChI is InChI=1S/C15H19N5O3/c1-10(2)17-14(22)9-16-13(21)7-8-20-15(23)11-5-3-4-6-12(11)18-19-20/h3-6,10H,7-9H2,1-2H3,(H,16,21)(H,17,22). The van der Waals surface area contributed by atoms with Crippen LogP contribution in [0.2, 0.25) is 0 Å². The van der Waals surface area contributed by atoms with Gasteiger partial charge in [-0.3, -0.25) is 14.4 Å². The number of amides is 2. The van der Waals surface area contributed by atoms with Crippen molar-refractivity contribution in [1.82, 2.24) is 25.6 Å². The molecule has 0 radical (unpaired) electrons. The molecule has 8 nitrogen and oxygen atoms in total. The fourth-order valence-electron chi connectivity index (χ4n) is 2.02. The first-order valence-corrected chi connectivity index (χ1v) is 7.36. The lowest BCUT2D eigenvalue weighted by atomic mass is 10.2. The molecule has 2 rings (SSSR count). The van der Waals surface area contributed by atoms with Gasteiger partial charge in [0.15, 0.2) is 0 Å². The van der Waals surface area contributed by atoms with Gasteiger partial charge in [-0.05, 0) is 26.0 Å². The van der Waals surface area contributed by atoms with Crippen molar-refractivity contribution in [3.8, 4) is 0 Å². The number of benzene rings is 1. The highest BCUT2D eigenvalue weighted by molar-refractivity contribution is 5.84. The maximum atomic E-state index is 12.2. The highest BCUT2D eigenvalue weighted by atomic mass is 16.2. The predicted molar refractivity (Wildman–Crippen MR) is 84.7 cm³/mol. The molecule has 0 saturated carbocycles. The molecule has 0 aliphatic heterocycles. The first-order valence-electron chi connectivity index (χ1n) is 7.36. The minimum atomic E-state index is -0.328. The smallest absolute Gasteiger partial charge is 0.277 e. The van der Waals surface area contributed by atoms with Gasteiger partial charge < -0.3 is 10.6 Å². The summed E-state index contributed by atoms with van der Waals surface area (Å²) in [4.78, 5) is 35.3. The van der Waals surface area contributed by atoms with E-state index in [-0.39, 0.29) is 42.9 Å². The van der Waals surface area contributed by atoms with Crippen LogP contribution in [-0.4, -0.2) is 39.4 Å². The number of rotatable bonds is 6. The van der Waals surface area contributed by atoms with Crippen LogP contribution in [0.4, 0.5) is 0 Å². The summed E-state index contributed by atoms with van der Waals surface area (Å²) in [5.41, 5.74) is 0.226. The lowest BCUT2D eigenvalue weighted by molar-refractivity contribution is -0.126. The fourth-order valence-corrected chi connectivity index (χ4v) is 2.02. The van der Waals surface area contributed by atoms with Crippen molar-refractivity contribution >= 4 is 22.7 Å². The van der Waals surface area contributed by atoms with Crippen molar-refractivity contribution in [3.05, 3.63) is 34.6 Å². The second-order valence-corrected chi connectivity index (χ2v) is 5.38. The van der Waals surface area contributed by atoms with E-state index in [2.05, 4.69) is 20.9 Å². The summed E-state index contributed by atoms with van der Waals surface area (Å²) in [6.07, 6.45) is 0.0435. The van der Waals surface area contributed by atoms with Gasteiger partial charge in [0.2, 0.25) is 11.8 Å². The van der Waals surface area contributed by atoms with Crippen molar-refractivity contribution in [2.24, 2.45) is 0 Å². The maximum absolute atomic E-state index is 12.2. The number of aryl methyl sites for hydroxylation is 1. The van der Waals surface area contributed by atoms with Gasteiger partial charge in [0.1, 0.15) is 5.52 Å². The Kier molecular flexibility index (Phi) is 5.40. The number of carbonyl (C=O) groups is 2. The minimum absolute atomic E-state index is 0.0193. The zero-order chi connectivity index (χ0) is 16.8. The molecule has 122 valence electrons. The molecule has 0 saturated heterocycles. The Balaban J connectivity index is 1.91. The zero-order valence-corrected chi connectivity index (χ0v) is 13.1. The Morgan fingerprint density at radius 2 is 1.96 bits per heavy atom. The summed E-state index contributed by atoms with van der Waals surface area (Å²) in [5.74, 6) is -0.582. The van der Waals surface area contributed by atoms with Crippen LogP contribution in [0.15, 0.2) is 29.1 Å². The van der Waals surface area contributed by atoms with Gasteiger partial charge in [0.05, 0.1) is 18.5 Å². The molecule has 1 aromatic carbocycles. The summed E-state index contributed by atoms with van der Waals surface area (Å²) in [7, 11) is 0. The second-order valence-electron chi connectivity index (χ2n) is 5.38. The summed E-state index contributed by atoms with van der Waals surface area (Å²) < 4.78 is 1.15. The van der Waals surface area contributed by atoms with Crippen LogP contribution in [0.1, 0.15) is 20.3 Å². The highest BCUT2D eigenvalue weighted by Crippen LogP contribution is 2.03. The van der Waals surface area contributed by atoms with Gasteiger partial charge in [-0.1, -0.05) is 17.3 Å². The van der Waals surface area contributed by atoms with Gasteiger partial charge in [0, 0.05) is 12.5 Å². The Hall–Kier alpha value is -2.77. The topological polar surface area (TPSA) is 106 Å². The molecule has 2 amide bonds. The van der Waals surface area contributed by atoms with Crippen LogP contribution in [0, 0.1) is 0 Å². The normalized spacial score (nSPS) is 10.7. The molecular formula is C15H19N5O3. The van der Waals surface area contributed by atoms with Gasteiger partial charge in [-0.2, -0.15) is 0 Å². The largest absolute Gasteiger partial charge is 0.352 e. The molecule has 0 fully saturated rings. The van der Waals surface area contributed by atoms with Crippen LogP contribution in [0.3, 0.4) is 0 Å². The molecule has 23 heavy (non-hydrogen) atoms. The van der Waals surface area contributed by atoms with Crippen LogP contribution >= 0.6 is 0 Å². The summed E-state index contributed by atoms with van der Waals surface area (Å²) in [6, 6.07) is 6.91. The van der Waals surface area contributed by atoms with Crippen molar-refractivity contribution < 1.29 is 9.59 Å². The molecule has 1 aromatic heterocycles. The third kappa shape index (κ3) is 4.60. The number of hydrogen-bond donors (Lipinski definition) is 2. The van der Waals surface area contributed by atoms with E-state index in [1.807, 2.05) is 13.8 Å². The summed E-state index contributed by atoms with van der Waals surface area (Å²) in [5, 5.41) is 13.4. The van der Waals surface area contributed by atoms with Crippen molar-refractivity contribution in [2.45, 2.75) is 32.9 Å². The number of aromatic nitrogens is 3. The van der Waals surface area contributed by atoms with Crippen LogP contribution in [-0.2, 0) is 16.1 Å². The maximum Gasteiger partial charge on any atom is 0.277 e. The van der Waals surface area contributed by atoms with E-state index >= 15 is 0 Å². The lowest BCUT2D eigenvalue weighted by Crippen LogP contribution is -2.40. The Morgan fingerprint density at radius 1 is 1.22 bits per heavy atom. The van der Waals surface area contributed by atoms with Gasteiger partial charge in [-0.15, -0.1) is 5.10 Å².